The monoisotopic (exact) mass is 258 g/mol. The summed E-state index contributed by atoms with van der Waals surface area (Å²) in [6.07, 6.45) is 1.11. The molecule has 0 aliphatic heterocycles. The zero-order valence-corrected chi connectivity index (χ0v) is 12.0. The fourth-order valence-electron chi connectivity index (χ4n) is 1.51. The van der Waals surface area contributed by atoms with E-state index in [0.717, 1.165) is 0 Å². The van der Waals surface area contributed by atoms with Gasteiger partial charge >= 0.3 is 12.0 Å². The van der Waals surface area contributed by atoms with Crippen LogP contribution in [0.1, 0.15) is 47.5 Å². The second kappa shape index (κ2) is 7.24. The molecule has 2 unspecified atom stereocenters. The molecule has 0 aromatic heterocycles. The van der Waals surface area contributed by atoms with Crippen molar-refractivity contribution in [3.8, 4) is 0 Å². The second-order valence-electron chi connectivity index (χ2n) is 5.44. The number of carboxylic acid groups (broad SMARTS) is 1. The molecule has 5 heteroatoms. The van der Waals surface area contributed by atoms with Crippen molar-refractivity contribution in [3.63, 3.8) is 0 Å². The standard InChI is InChI=1S/C13H26N2O3/c1-6-7-13(5,11(16)17)15-12(18)14-8-10(4)9(2)3/h9-10H,6-8H2,1-5H3,(H,16,17)(H2,14,15,18). The van der Waals surface area contributed by atoms with Crippen molar-refractivity contribution in [1.82, 2.24) is 10.6 Å². The van der Waals surface area contributed by atoms with E-state index >= 15 is 0 Å². The molecule has 106 valence electrons. The molecule has 0 aromatic rings. The number of carboxylic acids is 1. The summed E-state index contributed by atoms with van der Waals surface area (Å²) in [6.45, 7) is 10.2. The van der Waals surface area contributed by atoms with Crippen molar-refractivity contribution in [2.75, 3.05) is 6.54 Å². The lowest BCUT2D eigenvalue weighted by Crippen LogP contribution is -2.55. The first kappa shape index (κ1) is 16.7. The molecule has 18 heavy (non-hydrogen) atoms. The summed E-state index contributed by atoms with van der Waals surface area (Å²) >= 11 is 0. The van der Waals surface area contributed by atoms with Crippen LogP contribution in [0.5, 0.6) is 0 Å². The Kier molecular flexibility index (Phi) is 6.73. The minimum Gasteiger partial charge on any atom is -0.480 e. The summed E-state index contributed by atoms with van der Waals surface area (Å²) in [6, 6.07) is -0.416. The van der Waals surface area contributed by atoms with Gasteiger partial charge in [-0.15, -0.1) is 0 Å². The lowest BCUT2D eigenvalue weighted by Gasteiger charge is -2.26. The predicted octanol–water partition coefficient (Wildman–Crippen LogP) is 2.22. The van der Waals surface area contributed by atoms with Crippen molar-refractivity contribution in [1.29, 1.82) is 0 Å². The zero-order valence-electron chi connectivity index (χ0n) is 12.0. The van der Waals surface area contributed by atoms with Crippen LogP contribution < -0.4 is 10.6 Å². The molecule has 0 fully saturated rings. The molecule has 0 saturated heterocycles. The van der Waals surface area contributed by atoms with Gasteiger partial charge in [-0.25, -0.2) is 9.59 Å². The van der Waals surface area contributed by atoms with Crippen molar-refractivity contribution >= 4 is 12.0 Å². The van der Waals surface area contributed by atoms with E-state index in [4.69, 9.17) is 5.11 Å². The average molecular weight is 258 g/mol. The van der Waals surface area contributed by atoms with Crippen molar-refractivity contribution in [2.24, 2.45) is 11.8 Å². The Bertz CT molecular complexity index is 292. The molecule has 3 N–H and O–H groups in total. The van der Waals surface area contributed by atoms with Gasteiger partial charge in [0.25, 0.3) is 0 Å². The molecule has 2 amide bonds. The Balaban J connectivity index is 4.32. The number of aliphatic carboxylic acids is 1. The molecule has 5 nitrogen and oxygen atoms in total. The van der Waals surface area contributed by atoms with Gasteiger partial charge in [-0.05, 0) is 25.2 Å². The number of hydrogen-bond donors (Lipinski definition) is 3. The van der Waals surface area contributed by atoms with Gasteiger partial charge in [0, 0.05) is 6.54 Å². The lowest BCUT2D eigenvalue weighted by atomic mass is 9.96. The van der Waals surface area contributed by atoms with E-state index in [0.29, 0.717) is 31.2 Å². The van der Waals surface area contributed by atoms with Gasteiger partial charge in [0.1, 0.15) is 5.54 Å². The van der Waals surface area contributed by atoms with E-state index in [1.165, 1.54) is 6.92 Å². The molecule has 2 atom stereocenters. The van der Waals surface area contributed by atoms with Gasteiger partial charge in [-0.2, -0.15) is 0 Å². The first-order valence-electron chi connectivity index (χ1n) is 6.52. The van der Waals surface area contributed by atoms with Crippen LogP contribution >= 0.6 is 0 Å². The van der Waals surface area contributed by atoms with Crippen LogP contribution in [0.15, 0.2) is 0 Å². The third-order valence-corrected chi connectivity index (χ3v) is 3.33. The van der Waals surface area contributed by atoms with Crippen LogP contribution in [0.2, 0.25) is 0 Å². The number of carbonyl (C=O) groups excluding carboxylic acids is 1. The largest absolute Gasteiger partial charge is 0.480 e. The molecule has 0 radical (unpaired) electrons. The van der Waals surface area contributed by atoms with Crippen molar-refractivity contribution in [2.45, 2.75) is 53.0 Å². The third kappa shape index (κ3) is 5.38. The van der Waals surface area contributed by atoms with Crippen LogP contribution in [-0.4, -0.2) is 29.2 Å². The topological polar surface area (TPSA) is 78.4 Å². The minimum absolute atomic E-state index is 0.359. The summed E-state index contributed by atoms with van der Waals surface area (Å²) in [5.41, 5.74) is -1.19. The van der Waals surface area contributed by atoms with E-state index in [1.54, 1.807) is 0 Å². The molecule has 0 aliphatic carbocycles. The Hall–Kier alpha value is -1.26. The molecule has 0 heterocycles. The van der Waals surface area contributed by atoms with Crippen LogP contribution in [0.4, 0.5) is 4.79 Å². The Morgan fingerprint density at radius 2 is 1.83 bits per heavy atom. The highest BCUT2D eigenvalue weighted by atomic mass is 16.4. The average Bonchev–Trinajstić information content (AvgIpc) is 2.25. The summed E-state index contributed by atoms with van der Waals surface area (Å²) in [4.78, 5) is 22.8. The smallest absolute Gasteiger partial charge is 0.329 e. The van der Waals surface area contributed by atoms with Crippen LogP contribution in [0.25, 0.3) is 0 Å². The van der Waals surface area contributed by atoms with Crippen molar-refractivity contribution < 1.29 is 14.7 Å². The number of rotatable bonds is 7. The second-order valence-corrected chi connectivity index (χ2v) is 5.44. The van der Waals surface area contributed by atoms with Gasteiger partial charge < -0.3 is 15.7 Å². The SMILES string of the molecule is CCCC(C)(NC(=O)NCC(C)C(C)C)C(=O)O. The van der Waals surface area contributed by atoms with Crippen LogP contribution in [0.3, 0.4) is 0 Å². The number of urea groups is 1. The first-order chi connectivity index (χ1) is 8.23. The molecule has 0 rings (SSSR count). The van der Waals surface area contributed by atoms with Crippen molar-refractivity contribution in [3.05, 3.63) is 0 Å². The van der Waals surface area contributed by atoms with Gasteiger partial charge in [0.15, 0.2) is 0 Å². The molecule has 0 spiro atoms. The molecular weight excluding hydrogens is 232 g/mol. The lowest BCUT2D eigenvalue weighted by molar-refractivity contribution is -0.144. The fraction of sp³-hybridized carbons (Fsp3) is 0.846. The highest BCUT2D eigenvalue weighted by Crippen LogP contribution is 2.12. The van der Waals surface area contributed by atoms with E-state index < -0.39 is 17.5 Å². The summed E-state index contributed by atoms with van der Waals surface area (Å²) in [5, 5.41) is 14.4. The summed E-state index contributed by atoms with van der Waals surface area (Å²) in [7, 11) is 0. The third-order valence-electron chi connectivity index (χ3n) is 3.33. The summed E-state index contributed by atoms with van der Waals surface area (Å²) < 4.78 is 0. The van der Waals surface area contributed by atoms with E-state index in [-0.39, 0.29) is 0 Å². The molecule has 0 bridgehead atoms. The molecule has 0 aliphatic rings. The van der Waals surface area contributed by atoms with Gasteiger partial charge in [0.2, 0.25) is 0 Å². The Morgan fingerprint density at radius 3 is 2.22 bits per heavy atom. The van der Waals surface area contributed by atoms with Crippen LogP contribution in [-0.2, 0) is 4.79 Å². The fourth-order valence-corrected chi connectivity index (χ4v) is 1.51. The quantitative estimate of drug-likeness (QED) is 0.655. The Labute approximate surface area is 109 Å². The first-order valence-corrected chi connectivity index (χ1v) is 6.52. The molecule has 0 aromatic carbocycles. The predicted molar refractivity (Wildman–Crippen MR) is 71.5 cm³/mol. The number of hydrogen-bond acceptors (Lipinski definition) is 2. The maximum atomic E-state index is 11.7. The minimum atomic E-state index is -1.19. The highest BCUT2D eigenvalue weighted by Gasteiger charge is 2.33. The van der Waals surface area contributed by atoms with Gasteiger partial charge in [-0.3, -0.25) is 0 Å². The normalized spacial score (nSPS) is 15.9. The highest BCUT2D eigenvalue weighted by molar-refractivity contribution is 5.85. The molecular formula is C13H26N2O3. The van der Waals surface area contributed by atoms with E-state index in [1.807, 2.05) is 13.8 Å². The van der Waals surface area contributed by atoms with E-state index in [2.05, 4.69) is 24.5 Å². The van der Waals surface area contributed by atoms with Gasteiger partial charge in [0.05, 0.1) is 0 Å². The maximum Gasteiger partial charge on any atom is 0.329 e. The number of carbonyl (C=O) groups is 2. The van der Waals surface area contributed by atoms with Gasteiger partial charge in [-0.1, -0.05) is 34.1 Å². The summed E-state index contributed by atoms with van der Waals surface area (Å²) in [5.74, 6) is -0.166. The molecule has 0 saturated carbocycles. The number of nitrogens with one attached hydrogen (secondary N) is 2. The van der Waals surface area contributed by atoms with Crippen LogP contribution in [0, 0.1) is 11.8 Å². The number of amides is 2. The van der Waals surface area contributed by atoms with E-state index in [9.17, 15) is 9.59 Å². The Morgan fingerprint density at radius 1 is 1.28 bits per heavy atom. The zero-order chi connectivity index (χ0) is 14.3. The maximum absolute atomic E-state index is 11.7.